The van der Waals surface area contributed by atoms with Crippen molar-refractivity contribution >= 4 is 14.4 Å². The topological polar surface area (TPSA) is 126 Å². The first-order chi connectivity index (χ1) is 9.10. The molecular formula is C9H14N3O6P. The molecule has 1 aliphatic rings. The van der Waals surface area contributed by atoms with Crippen molar-refractivity contribution in [2.24, 2.45) is 0 Å². The highest BCUT2D eigenvalue weighted by Crippen LogP contribution is 2.31. The van der Waals surface area contributed by atoms with E-state index >= 15 is 0 Å². The summed E-state index contributed by atoms with van der Waals surface area (Å²) in [5, 5.41) is 8.63. The summed E-state index contributed by atoms with van der Waals surface area (Å²) in [4.78, 5) is 32.6. The molecule has 0 spiro atoms. The van der Waals surface area contributed by atoms with Gasteiger partial charge in [0.25, 0.3) is 0 Å². The van der Waals surface area contributed by atoms with E-state index in [1.54, 1.807) is 5.48 Å². The number of ether oxygens (including phenoxy) is 1. The molecule has 0 radical (unpaired) electrons. The van der Waals surface area contributed by atoms with Crippen LogP contribution in [0.5, 0.6) is 0 Å². The minimum atomic E-state index is -2.39. The maximum atomic E-state index is 11.7. The summed E-state index contributed by atoms with van der Waals surface area (Å²) in [6.07, 6.45) is 1.94. The maximum Gasteiger partial charge on any atom is 0.351 e. The zero-order valence-corrected chi connectivity index (χ0v) is 10.7. The molecule has 1 fully saturated rings. The van der Waals surface area contributed by atoms with Gasteiger partial charge in [-0.3, -0.25) is 15.3 Å². The molecule has 2 heterocycles. The Hall–Kier alpha value is -1.09. The lowest BCUT2D eigenvalue weighted by molar-refractivity contribution is -0.0215. The summed E-state index contributed by atoms with van der Waals surface area (Å²) in [7, 11) is -2.39. The Morgan fingerprint density at radius 2 is 2.37 bits per heavy atom. The number of nitrogens with one attached hydrogen (secondary N) is 1. The summed E-state index contributed by atoms with van der Waals surface area (Å²) in [5.74, 6) is 0.0605. The Kier molecular flexibility index (Phi) is 4.81. The number of aromatic nitrogens is 2. The van der Waals surface area contributed by atoms with Crippen molar-refractivity contribution < 1.29 is 24.3 Å². The van der Waals surface area contributed by atoms with Gasteiger partial charge < -0.3 is 19.0 Å². The van der Waals surface area contributed by atoms with Gasteiger partial charge >= 0.3 is 14.3 Å². The Morgan fingerprint density at radius 1 is 1.58 bits per heavy atom. The summed E-state index contributed by atoms with van der Waals surface area (Å²) in [5.41, 5.74) is 1.24. The molecule has 2 rings (SSSR count). The van der Waals surface area contributed by atoms with E-state index in [-0.39, 0.29) is 18.5 Å². The number of nitrogens with zero attached hydrogens (tertiary/aromatic N) is 2. The van der Waals surface area contributed by atoms with Gasteiger partial charge in [0.15, 0.2) is 5.82 Å². The van der Waals surface area contributed by atoms with E-state index in [1.807, 2.05) is 0 Å². The smallest absolute Gasteiger partial charge is 0.351 e. The van der Waals surface area contributed by atoms with Crippen LogP contribution in [0.4, 0.5) is 5.82 Å². The predicted molar refractivity (Wildman–Crippen MR) is 64.4 cm³/mol. The molecule has 1 aromatic rings. The van der Waals surface area contributed by atoms with Gasteiger partial charge in [-0.2, -0.15) is 4.98 Å². The quantitative estimate of drug-likeness (QED) is 0.439. The summed E-state index contributed by atoms with van der Waals surface area (Å²) in [6.45, 7) is 0.0632. The molecule has 1 saturated heterocycles. The molecular weight excluding hydrogens is 277 g/mol. The SMILES string of the molecule is O=c1nc(NO)ccn1C1CCC(COP(O)O)O1. The standard InChI is InChI=1S/C9H14N3O6P/c13-9-10-7(11-14)3-4-12(9)8-2-1-6(18-8)5-17-19(15)16/h3-4,6,8,14-16H,1-2,5H2,(H,10,11,13). The number of anilines is 1. The van der Waals surface area contributed by atoms with Gasteiger partial charge in [-0.05, 0) is 18.9 Å². The van der Waals surface area contributed by atoms with Crippen molar-refractivity contribution in [2.45, 2.75) is 25.2 Å². The Balaban J connectivity index is 1.99. The van der Waals surface area contributed by atoms with E-state index in [0.29, 0.717) is 12.8 Å². The monoisotopic (exact) mass is 291 g/mol. The molecule has 1 aliphatic heterocycles. The lowest BCUT2D eigenvalue weighted by atomic mass is 10.2. The second kappa shape index (κ2) is 6.38. The van der Waals surface area contributed by atoms with Gasteiger partial charge in [-0.25, -0.2) is 4.79 Å². The summed E-state index contributed by atoms with van der Waals surface area (Å²) >= 11 is 0. The molecule has 1 aromatic heterocycles. The van der Waals surface area contributed by atoms with Crippen LogP contribution < -0.4 is 11.2 Å². The second-order valence-corrected chi connectivity index (χ2v) is 4.72. The Morgan fingerprint density at radius 3 is 3.00 bits per heavy atom. The largest absolute Gasteiger partial charge is 0.352 e. The maximum absolute atomic E-state index is 11.7. The van der Waals surface area contributed by atoms with E-state index in [0.717, 1.165) is 0 Å². The van der Waals surface area contributed by atoms with Gasteiger partial charge in [0.2, 0.25) is 0 Å². The molecule has 2 atom stereocenters. The van der Waals surface area contributed by atoms with Crippen LogP contribution in [-0.2, 0) is 9.26 Å². The van der Waals surface area contributed by atoms with Crippen LogP contribution in [0, 0.1) is 0 Å². The molecule has 0 aromatic carbocycles. The average molecular weight is 291 g/mol. The van der Waals surface area contributed by atoms with Crippen LogP contribution in [-0.4, -0.2) is 37.3 Å². The highest BCUT2D eigenvalue weighted by Gasteiger charge is 2.28. The van der Waals surface area contributed by atoms with Gasteiger partial charge in [0, 0.05) is 6.20 Å². The molecule has 4 N–H and O–H groups in total. The lowest BCUT2D eigenvalue weighted by Crippen LogP contribution is -2.27. The van der Waals surface area contributed by atoms with E-state index in [2.05, 4.69) is 9.51 Å². The average Bonchev–Trinajstić information content (AvgIpc) is 2.84. The third-order valence-electron chi connectivity index (χ3n) is 2.72. The zero-order valence-electron chi connectivity index (χ0n) is 9.84. The third kappa shape index (κ3) is 3.69. The molecule has 106 valence electrons. The molecule has 0 saturated carbocycles. The highest BCUT2D eigenvalue weighted by molar-refractivity contribution is 7.39. The van der Waals surface area contributed by atoms with Crippen LogP contribution in [0.15, 0.2) is 17.1 Å². The normalized spacial score (nSPS) is 22.9. The fourth-order valence-electron chi connectivity index (χ4n) is 1.86. The Bertz CT molecular complexity index is 481. The first-order valence-electron chi connectivity index (χ1n) is 5.55. The predicted octanol–water partition coefficient (Wildman–Crippen LogP) is -0.0499. The van der Waals surface area contributed by atoms with Crippen LogP contribution in [0.3, 0.4) is 0 Å². The number of hydrogen-bond acceptors (Lipinski definition) is 8. The fourth-order valence-corrected chi connectivity index (χ4v) is 2.16. The van der Waals surface area contributed by atoms with Gasteiger partial charge in [-0.15, -0.1) is 0 Å². The van der Waals surface area contributed by atoms with Gasteiger partial charge in [0.05, 0.1) is 12.7 Å². The number of hydrogen-bond donors (Lipinski definition) is 4. The van der Waals surface area contributed by atoms with Gasteiger partial charge in [-0.1, -0.05) is 0 Å². The van der Waals surface area contributed by atoms with Gasteiger partial charge in [0.1, 0.15) is 6.23 Å². The third-order valence-corrected chi connectivity index (χ3v) is 3.10. The van der Waals surface area contributed by atoms with E-state index in [9.17, 15) is 4.79 Å². The lowest BCUT2D eigenvalue weighted by Gasteiger charge is -2.15. The Labute approximate surface area is 109 Å². The van der Waals surface area contributed by atoms with Crippen LogP contribution in [0.2, 0.25) is 0 Å². The molecule has 0 amide bonds. The molecule has 0 aliphatic carbocycles. The summed E-state index contributed by atoms with van der Waals surface area (Å²) in [6, 6.07) is 1.44. The first-order valence-corrected chi connectivity index (χ1v) is 6.72. The minimum absolute atomic E-state index is 0.0605. The first kappa shape index (κ1) is 14.3. The second-order valence-electron chi connectivity index (χ2n) is 3.95. The molecule has 2 unspecified atom stereocenters. The van der Waals surface area contributed by atoms with E-state index in [4.69, 9.17) is 19.7 Å². The van der Waals surface area contributed by atoms with Crippen molar-refractivity contribution in [3.05, 3.63) is 22.7 Å². The van der Waals surface area contributed by atoms with Crippen LogP contribution in [0.25, 0.3) is 0 Å². The number of rotatable bonds is 5. The highest BCUT2D eigenvalue weighted by atomic mass is 31.2. The van der Waals surface area contributed by atoms with Crippen molar-refractivity contribution in [3.8, 4) is 0 Å². The van der Waals surface area contributed by atoms with Crippen LogP contribution >= 0.6 is 8.60 Å². The molecule has 9 nitrogen and oxygen atoms in total. The van der Waals surface area contributed by atoms with E-state index in [1.165, 1.54) is 16.8 Å². The summed E-state index contributed by atoms with van der Waals surface area (Å²) < 4.78 is 11.5. The fraction of sp³-hybridized carbons (Fsp3) is 0.556. The molecule has 0 bridgehead atoms. The molecule has 19 heavy (non-hydrogen) atoms. The zero-order chi connectivity index (χ0) is 13.8. The van der Waals surface area contributed by atoms with Crippen molar-refractivity contribution in [2.75, 3.05) is 12.1 Å². The van der Waals surface area contributed by atoms with Crippen molar-refractivity contribution in [1.29, 1.82) is 0 Å². The van der Waals surface area contributed by atoms with E-state index < -0.39 is 20.5 Å². The molecule has 10 heteroatoms. The van der Waals surface area contributed by atoms with Crippen LogP contribution in [0.1, 0.15) is 19.1 Å². The minimum Gasteiger partial charge on any atom is -0.352 e. The van der Waals surface area contributed by atoms with Crippen molar-refractivity contribution in [3.63, 3.8) is 0 Å². The van der Waals surface area contributed by atoms with Crippen molar-refractivity contribution in [1.82, 2.24) is 9.55 Å².